The Morgan fingerprint density at radius 1 is 1.20 bits per heavy atom. The molecule has 5 nitrogen and oxygen atoms in total. The topological polar surface area (TPSA) is 67.4 Å². The summed E-state index contributed by atoms with van der Waals surface area (Å²) >= 11 is 0. The minimum absolute atomic E-state index is 0.0162. The maximum atomic E-state index is 13.7. The highest BCUT2D eigenvalue weighted by Gasteiger charge is 2.14. The number of carbonyl (C=O) groups is 2. The fourth-order valence-electron chi connectivity index (χ4n) is 2.51. The highest BCUT2D eigenvalue weighted by molar-refractivity contribution is 5.97. The van der Waals surface area contributed by atoms with E-state index in [9.17, 15) is 14.0 Å². The molecular formula is C19H21FN2O3. The summed E-state index contributed by atoms with van der Waals surface area (Å²) in [6, 6.07) is 11.3. The summed E-state index contributed by atoms with van der Waals surface area (Å²) in [7, 11) is 1.60. The van der Waals surface area contributed by atoms with Crippen molar-refractivity contribution < 1.29 is 18.7 Å². The van der Waals surface area contributed by atoms with Crippen molar-refractivity contribution in [1.82, 2.24) is 5.32 Å². The van der Waals surface area contributed by atoms with Crippen molar-refractivity contribution in [1.29, 1.82) is 0 Å². The molecule has 2 N–H and O–H groups in total. The fourth-order valence-corrected chi connectivity index (χ4v) is 2.51. The number of anilines is 1. The molecule has 1 atom stereocenters. The van der Waals surface area contributed by atoms with Gasteiger partial charge in [-0.15, -0.1) is 0 Å². The number of hydrogen-bond donors (Lipinski definition) is 2. The lowest BCUT2D eigenvalue weighted by Gasteiger charge is -2.16. The molecule has 0 bridgehead atoms. The van der Waals surface area contributed by atoms with E-state index in [1.54, 1.807) is 7.11 Å². The number of carbonyl (C=O) groups excluding carboxylic acids is 2. The van der Waals surface area contributed by atoms with Crippen LogP contribution in [0.5, 0.6) is 5.75 Å². The third-order valence-electron chi connectivity index (χ3n) is 3.64. The van der Waals surface area contributed by atoms with Crippen molar-refractivity contribution in [3.63, 3.8) is 0 Å². The van der Waals surface area contributed by atoms with E-state index in [1.807, 2.05) is 31.2 Å². The molecule has 0 aliphatic carbocycles. The van der Waals surface area contributed by atoms with Gasteiger partial charge in [-0.1, -0.05) is 18.2 Å². The third kappa shape index (κ3) is 5.04. The molecule has 0 aliphatic heterocycles. The molecule has 2 rings (SSSR count). The van der Waals surface area contributed by atoms with Crippen LogP contribution in [-0.4, -0.2) is 25.0 Å². The first-order valence-electron chi connectivity index (χ1n) is 7.90. The van der Waals surface area contributed by atoms with Crippen molar-refractivity contribution in [3.8, 4) is 5.75 Å². The second-order valence-corrected chi connectivity index (χ2v) is 5.77. The van der Waals surface area contributed by atoms with Crippen LogP contribution in [0.15, 0.2) is 42.5 Å². The first-order valence-corrected chi connectivity index (χ1v) is 7.90. The highest BCUT2D eigenvalue weighted by Crippen LogP contribution is 2.20. The third-order valence-corrected chi connectivity index (χ3v) is 3.64. The molecule has 2 amide bonds. The molecule has 6 heteroatoms. The number of rotatable bonds is 6. The quantitative estimate of drug-likeness (QED) is 0.846. The van der Waals surface area contributed by atoms with E-state index in [4.69, 9.17) is 4.74 Å². The van der Waals surface area contributed by atoms with Crippen molar-refractivity contribution in [3.05, 3.63) is 59.4 Å². The van der Waals surface area contributed by atoms with Crippen molar-refractivity contribution in [2.24, 2.45) is 0 Å². The zero-order valence-electron chi connectivity index (χ0n) is 14.4. The molecule has 0 radical (unpaired) electrons. The lowest BCUT2D eigenvalue weighted by molar-refractivity contribution is -0.114. The second kappa shape index (κ2) is 8.28. The lowest BCUT2D eigenvalue weighted by Crippen LogP contribution is -2.34. The van der Waals surface area contributed by atoms with Gasteiger partial charge in [0.2, 0.25) is 5.91 Å². The van der Waals surface area contributed by atoms with Gasteiger partial charge in [-0.25, -0.2) is 4.39 Å². The lowest BCUT2D eigenvalue weighted by atomic mass is 10.1. The number of para-hydroxylation sites is 1. The van der Waals surface area contributed by atoms with Crippen LogP contribution in [-0.2, 0) is 11.2 Å². The van der Waals surface area contributed by atoms with Gasteiger partial charge < -0.3 is 15.4 Å². The number of hydrogen-bond acceptors (Lipinski definition) is 3. The highest BCUT2D eigenvalue weighted by atomic mass is 19.1. The maximum absolute atomic E-state index is 13.7. The van der Waals surface area contributed by atoms with E-state index < -0.39 is 11.7 Å². The molecule has 2 aromatic rings. The SMILES string of the molecule is COc1ccccc1C[C@H](C)NC(=O)c1ccc(F)c(NC(C)=O)c1. The Bertz CT molecular complexity index is 777. The van der Waals surface area contributed by atoms with Crippen LogP contribution in [0.25, 0.3) is 0 Å². The molecule has 0 aliphatic rings. The molecule has 2 aromatic carbocycles. The summed E-state index contributed by atoms with van der Waals surface area (Å²) < 4.78 is 19.0. The average molecular weight is 344 g/mol. The van der Waals surface area contributed by atoms with Crippen LogP contribution in [0.1, 0.15) is 29.8 Å². The molecule has 0 aromatic heterocycles. The van der Waals surface area contributed by atoms with E-state index in [-0.39, 0.29) is 23.2 Å². The Labute approximate surface area is 146 Å². The molecule has 0 heterocycles. The molecule has 132 valence electrons. The zero-order valence-corrected chi connectivity index (χ0v) is 14.4. The van der Waals surface area contributed by atoms with E-state index in [0.717, 1.165) is 17.4 Å². The number of amides is 2. The summed E-state index contributed by atoms with van der Waals surface area (Å²) in [5.74, 6) is -0.567. The van der Waals surface area contributed by atoms with Gasteiger partial charge in [-0.3, -0.25) is 9.59 Å². The standard InChI is InChI=1S/C19H21FN2O3/c1-12(10-14-6-4-5-7-18(14)25-3)21-19(24)15-8-9-16(20)17(11-15)22-13(2)23/h4-9,11-12H,10H2,1-3H3,(H,21,24)(H,22,23)/t12-/m0/s1. The van der Waals surface area contributed by atoms with Crippen LogP contribution < -0.4 is 15.4 Å². The first kappa shape index (κ1) is 18.4. The molecule has 25 heavy (non-hydrogen) atoms. The van der Waals surface area contributed by atoms with Gasteiger partial charge >= 0.3 is 0 Å². The van der Waals surface area contributed by atoms with Gasteiger partial charge in [-0.2, -0.15) is 0 Å². The summed E-state index contributed by atoms with van der Waals surface area (Å²) in [5.41, 5.74) is 1.24. The minimum atomic E-state index is -0.589. The summed E-state index contributed by atoms with van der Waals surface area (Å²) in [6.07, 6.45) is 0.593. The predicted octanol–water partition coefficient (Wildman–Crippen LogP) is 3.15. The Kier molecular flexibility index (Phi) is 6.11. The number of ether oxygens (including phenoxy) is 1. The molecular weight excluding hydrogens is 323 g/mol. The van der Waals surface area contributed by atoms with E-state index in [0.29, 0.717) is 6.42 Å². The zero-order chi connectivity index (χ0) is 18.4. The normalized spacial score (nSPS) is 11.5. The average Bonchev–Trinajstić information content (AvgIpc) is 2.56. The second-order valence-electron chi connectivity index (χ2n) is 5.77. The van der Waals surface area contributed by atoms with Gasteiger partial charge in [-0.05, 0) is 43.2 Å². The van der Waals surface area contributed by atoms with Gasteiger partial charge in [0.05, 0.1) is 12.8 Å². The Morgan fingerprint density at radius 2 is 1.92 bits per heavy atom. The number of nitrogens with one attached hydrogen (secondary N) is 2. The van der Waals surface area contributed by atoms with Gasteiger partial charge in [0.15, 0.2) is 0 Å². The van der Waals surface area contributed by atoms with Crippen LogP contribution in [0.4, 0.5) is 10.1 Å². The summed E-state index contributed by atoms with van der Waals surface area (Å²) in [4.78, 5) is 23.5. The van der Waals surface area contributed by atoms with E-state index in [2.05, 4.69) is 10.6 Å². The summed E-state index contributed by atoms with van der Waals surface area (Å²) in [5, 5.41) is 5.23. The van der Waals surface area contributed by atoms with Crippen LogP contribution in [0.2, 0.25) is 0 Å². The Hall–Kier alpha value is -2.89. The van der Waals surface area contributed by atoms with Gasteiger partial charge in [0.25, 0.3) is 5.91 Å². The van der Waals surface area contributed by atoms with Gasteiger partial charge in [0, 0.05) is 18.5 Å². The fraction of sp³-hybridized carbons (Fsp3) is 0.263. The van der Waals surface area contributed by atoms with E-state index >= 15 is 0 Å². The monoisotopic (exact) mass is 344 g/mol. The summed E-state index contributed by atoms with van der Waals surface area (Å²) in [6.45, 7) is 3.16. The number of benzene rings is 2. The minimum Gasteiger partial charge on any atom is -0.496 e. The molecule has 0 spiro atoms. The predicted molar refractivity (Wildman–Crippen MR) is 94.3 cm³/mol. The number of methoxy groups -OCH3 is 1. The number of halogens is 1. The molecule has 0 saturated heterocycles. The largest absolute Gasteiger partial charge is 0.496 e. The smallest absolute Gasteiger partial charge is 0.251 e. The molecule has 0 fully saturated rings. The Morgan fingerprint density at radius 3 is 2.60 bits per heavy atom. The van der Waals surface area contributed by atoms with E-state index in [1.165, 1.54) is 19.1 Å². The molecule has 0 saturated carbocycles. The van der Waals surface area contributed by atoms with Crippen molar-refractivity contribution in [2.75, 3.05) is 12.4 Å². The van der Waals surface area contributed by atoms with Crippen molar-refractivity contribution in [2.45, 2.75) is 26.3 Å². The molecule has 0 unspecified atom stereocenters. The maximum Gasteiger partial charge on any atom is 0.251 e. The van der Waals surface area contributed by atoms with Crippen LogP contribution in [0, 0.1) is 5.82 Å². The van der Waals surface area contributed by atoms with Gasteiger partial charge in [0.1, 0.15) is 11.6 Å². The van der Waals surface area contributed by atoms with Crippen molar-refractivity contribution >= 4 is 17.5 Å². The van der Waals surface area contributed by atoms with Crippen LogP contribution in [0.3, 0.4) is 0 Å². The first-order chi connectivity index (χ1) is 11.9. The Balaban J connectivity index is 2.07. The van der Waals surface area contributed by atoms with Crippen LogP contribution >= 0.6 is 0 Å².